The van der Waals surface area contributed by atoms with Crippen LogP contribution < -0.4 is 4.90 Å². The fourth-order valence-electron chi connectivity index (χ4n) is 5.03. The van der Waals surface area contributed by atoms with Gasteiger partial charge in [0.15, 0.2) is 11.4 Å². The van der Waals surface area contributed by atoms with Gasteiger partial charge < -0.3 is 10.0 Å². The third kappa shape index (κ3) is 3.45. The molecule has 5 rings (SSSR count). The minimum absolute atomic E-state index is 0.207. The number of carbonyl (C=O) groups is 2. The highest BCUT2D eigenvalue weighted by Gasteiger charge is 2.50. The predicted molar refractivity (Wildman–Crippen MR) is 125 cm³/mol. The van der Waals surface area contributed by atoms with Crippen molar-refractivity contribution in [2.75, 3.05) is 4.90 Å². The summed E-state index contributed by atoms with van der Waals surface area (Å²) in [4.78, 5) is 28.4. The lowest BCUT2D eigenvalue weighted by Crippen LogP contribution is -2.41. The Morgan fingerprint density at radius 1 is 0.969 bits per heavy atom. The average Bonchev–Trinajstić information content (AvgIpc) is 3.02. The number of aryl methyl sites for hydroxylation is 3. The number of rotatable bonds is 5. The molecule has 3 aromatic carbocycles. The number of hydrogen-bond donors (Lipinski definition) is 1. The van der Waals surface area contributed by atoms with Crippen LogP contribution in [0.2, 0.25) is 0 Å². The van der Waals surface area contributed by atoms with E-state index in [9.17, 15) is 14.7 Å². The number of amides is 1. The lowest BCUT2D eigenvalue weighted by molar-refractivity contribution is -0.136. The Kier molecular flexibility index (Phi) is 5.18. The van der Waals surface area contributed by atoms with Crippen LogP contribution in [0.25, 0.3) is 0 Å². The van der Waals surface area contributed by atoms with Crippen molar-refractivity contribution in [1.29, 1.82) is 0 Å². The molecule has 1 amide bonds. The van der Waals surface area contributed by atoms with E-state index in [2.05, 4.69) is 0 Å². The van der Waals surface area contributed by atoms with Crippen molar-refractivity contribution in [1.82, 2.24) is 0 Å². The van der Waals surface area contributed by atoms with Gasteiger partial charge in [-0.05, 0) is 67.0 Å². The SMILES string of the molecule is Cc1ccccc1CN1C(=O)[C@@](O)(CC(=O)c2ccc3c(c2)CCCC3)c2ccccc21. The second-order valence-corrected chi connectivity index (χ2v) is 8.99. The number of Topliss-reactive ketones (excluding diaryl/α,β-unsaturated/α-hetero) is 1. The van der Waals surface area contributed by atoms with Gasteiger partial charge in [-0.25, -0.2) is 0 Å². The molecule has 1 N–H and O–H groups in total. The fraction of sp³-hybridized carbons (Fsp3) is 0.286. The molecule has 1 heterocycles. The first-order chi connectivity index (χ1) is 15.5. The standard InChI is InChI=1S/C28H27NO3/c1-19-8-2-3-11-23(19)18-29-25-13-7-6-12-24(25)28(32,27(29)31)17-26(30)22-15-14-20-9-4-5-10-21(20)16-22/h2-3,6-8,11-16,32H,4-5,9-10,17-18H2,1H3/t28-/m1/s1. The molecule has 1 aliphatic carbocycles. The van der Waals surface area contributed by atoms with Crippen LogP contribution in [0, 0.1) is 6.92 Å². The lowest BCUT2D eigenvalue weighted by Gasteiger charge is -2.24. The smallest absolute Gasteiger partial charge is 0.264 e. The summed E-state index contributed by atoms with van der Waals surface area (Å²) in [6.07, 6.45) is 4.09. The second-order valence-electron chi connectivity index (χ2n) is 8.99. The third-order valence-electron chi connectivity index (χ3n) is 6.92. The van der Waals surface area contributed by atoms with Crippen molar-refractivity contribution in [3.05, 3.63) is 100 Å². The molecule has 4 heteroatoms. The highest BCUT2D eigenvalue weighted by molar-refractivity contribution is 6.10. The van der Waals surface area contributed by atoms with E-state index >= 15 is 0 Å². The minimum atomic E-state index is -1.85. The summed E-state index contributed by atoms with van der Waals surface area (Å²) >= 11 is 0. The molecule has 32 heavy (non-hydrogen) atoms. The van der Waals surface area contributed by atoms with Crippen LogP contribution in [0.4, 0.5) is 5.69 Å². The largest absolute Gasteiger partial charge is 0.375 e. The molecular weight excluding hydrogens is 398 g/mol. The van der Waals surface area contributed by atoms with Gasteiger partial charge in [-0.1, -0.05) is 54.6 Å². The monoisotopic (exact) mass is 425 g/mol. The second kappa shape index (κ2) is 8.03. The number of aliphatic hydroxyl groups is 1. The van der Waals surface area contributed by atoms with Gasteiger partial charge in [-0.15, -0.1) is 0 Å². The van der Waals surface area contributed by atoms with E-state index in [1.807, 2.05) is 61.5 Å². The first-order valence-electron chi connectivity index (χ1n) is 11.3. The molecule has 162 valence electrons. The number of anilines is 1. The van der Waals surface area contributed by atoms with Crippen molar-refractivity contribution in [3.8, 4) is 0 Å². The Hall–Kier alpha value is -3.24. The van der Waals surface area contributed by atoms with Crippen molar-refractivity contribution >= 4 is 17.4 Å². The highest BCUT2D eigenvalue weighted by Crippen LogP contribution is 2.43. The Bertz CT molecular complexity index is 1210. The number of benzene rings is 3. The van der Waals surface area contributed by atoms with Gasteiger partial charge in [0.05, 0.1) is 18.7 Å². The molecule has 0 aromatic heterocycles. The number of fused-ring (bicyclic) bond motifs is 2. The fourth-order valence-corrected chi connectivity index (χ4v) is 5.03. The van der Waals surface area contributed by atoms with E-state index in [0.29, 0.717) is 23.4 Å². The van der Waals surface area contributed by atoms with E-state index in [1.165, 1.54) is 17.5 Å². The van der Waals surface area contributed by atoms with Gasteiger partial charge in [0.1, 0.15) is 0 Å². The molecule has 0 saturated carbocycles. The number of para-hydroxylation sites is 1. The Morgan fingerprint density at radius 3 is 2.50 bits per heavy atom. The van der Waals surface area contributed by atoms with Gasteiger partial charge in [0.2, 0.25) is 0 Å². The maximum absolute atomic E-state index is 13.5. The quantitative estimate of drug-likeness (QED) is 0.593. The molecule has 1 aliphatic heterocycles. The number of ketones is 1. The van der Waals surface area contributed by atoms with E-state index < -0.39 is 11.5 Å². The maximum Gasteiger partial charge on any atom is 0.264 e. The molecule has 0 radical (unpaired) electrons. The molecule has 0 unspecified atom stereocenters. The van der Waals surface area contributed by atoms with Crippen LogP contribution in [0.15, 0.2) is 66.7 Å². The Morgan fingerprint density at radius 2 is 1.69 bits per heavy atom. The van der Waals surface area contributed by atoms with Crippen LogP contribution in [-0.4, -0.2) is 16.8 Å². The Labute approximate surface area is 188 Å². The molecule has 4 nitrogen and oxygen atoms in total. The zero-order chi connectivity index (χ0) is 22.3. The summed E-state index contributed by atoms with van der Waals surface area (Å²) in [6, 6.07) is 21.0. The van der Waals surface area contributed by atoms with Gasteiger partial charge >= 0.3 is 0 Å². The summed E-state index contributed by atoms with van der Waals surface area (Å²) in [5.74, 6) is -0.643. The van der Waals surface area contributed by atoms with Gasteiger partial charge in [-0.2, -0.15) is 0 Å². The Balaban J connectivity index is 1.46. The zero-order valence-electron chi connectivity index (χ0n) is 18.3. The summed E-state index contributed by atoms with van der Waals surface area (Å²) in [5.41, 5.74) is 4.51. The molecular formula is C28H27NO3. The molecule has 0 spiro atoms. The zero-order valence-corrected chi connectivity index (χ0v) is 18.3. The summed E-state index contributed by atoms with van der Waals surface area (Å²) in [6.45, 7) is 2.37. The van der Waals surface area contributed by atoms with E-state index in [4.69, 9.17) is 0 Å². The third-order valence-corrected chi connectivity index (χ3v) is 6.92. The molecule has 0 fully saturated rings. The van der Waals surface area contributed by atoms with Gasteiger partial charge in [0, 0.05) is 11.1 Å². The lowest BCUT2D eigenvalue weighted by atomic mass is 9.85. The first-order valence-corrected chi connectivity index (χ1v) is 11.3. The predicted octanol–water partition coefficient (Wildman–Crippen LogP) is 4.88. The molecule has 0 bridgehead atoms. The van der Waals surface area contributed by atoms with Gasteiger partial charge in [0.25, 0.3) is 5.91 Å². The van der Waals surface area contributed by atoms with Crippen molar-refractivity contribution < 1.29 is 14.7 Å². The number of hydrogen-bond acceptors (Lipinski definition) is 3. The summed E-state index contributed by atoms with van der Waals surface area (Å²) in [5, 5.41) is 11.6. The summed E-state index contributed by atoms with van der Waals surface area (Å²) in [7, 11) is 0. The van der Waals surface area contributed by atoms with Crippen LogP contribution in [0.5, 0.6) is 0 Å². The normalized spacial score (nSPS) is 19.6. The first kappa shape index (κ1) is 20.7. The maximum atomic E-state index is 13.5. The van der Waals surface area contributed by atoms with E-state index in [-0.39, 0.29) is 12.2 Å². The molecule has 0 saturated heterocycles. The van der Waals surface area contributed by atoms with Crippen molar-refractivity contribution in [3.63, 3.8) is 0 Å². The molecule has 3 aromatic rings. The highest BCUT2D eigenvalue weighted by atomic mass is 16.3. The summed E-state index contributed by atoms with van der Waals surface area (Å²) < 4.78 is 0. The van der Waals surface area contributed by atoms with Gasteiger partial charge in [-0.3, -0.25) is 9.59 Å². The topological polar surface area (TPSA) is 57.6 Å². The average molecular weight is 426 g/mol. The van der Waals surface area contributed by atoms with E-state index in [0.717, 1.165) is 30.4 Å². The molecule has 1 atom stereocenters. The van der Waals surface area contributed by atoms with Crippen LogP contribution in [-0.2, 0) is 29.8 Å². The molecule has 2 aliphatic rings. The number of carbonyl (C=O) groups excluding carboxylic acids is 2. The van der Waals surface area contributed by atoms with E-state index in [1.54, 1.807) is 17.0 Å². The minimum Gasteiger partial charge on any atom is -0.375 e. The van der Waals surface area contributed by atoms with Crippen LogP contribution >= 0.6 is 0 Å². The van der Waals surface area contributed by atoms with Crippen molar-refractivity contribution in [2.45, 2.75) is 51.2 Å². The van der Waals surface area contributed by atoms with Crippen molar-refractivity contribution in [2.24, 2.45) is 0 Å². The van der Waals surface area contributed by atoms with Crippen LogP contribution in [0.3, 0.4) is 0 Å². The number of nitrogens with zero attached hydrogens (tertiary/aromatic N) is 1. The van der Waals surface area contributed by atoms with Crippen LogP contribution in [0.1, 0.15) is 57.4 Å².